The topological polar surface area (TPSA) is 82.1 Å². The molecule has 7 nitrogen and oxygen atoms in total. The second-order valence-electron chi connectivity index (χ2n) is 10.7. The summed E-state index contributed by atoms with van der Waals surface area (Å²) in [6.45, 7) is 4.53. The van der Waals surface area contributed by atoms with E-state index in [1.807, 2.05) is 13.1 Å². The van der Waals surface area contributed by atoms with Crippen LogP contribution in [0.4, 0.5) is 0 Å². The zero-order valence-electron chi connectivity index (χ0n) is 23.5. The van der Waals surface area contributed by atoms with Gasteiger partial charge >= 0.3 is 13.8 Å². The quantitative estimate of drug-likeness (QED) is 0.0642. The zero-order valence-corrected chi connectivity index (χ0v) is 24.4. The summed E-state index contributed by atoms with van der Waals surface area (Å²) < 4.78 is 27.9. The van der Waals surface area contributed by atoms with Crippen molar-refractivity contribution in [3.8, 4) is 0 Å². The number of esters is 1. The standard InChI is InChI=1S/C28H54NO6P/c1-4-5-6-7-8-9-10-11-12-13-14-15-16-17-18-19-24-34-36(31,32)35-25-23-29(2)22-20-21-27(26-29)28(30)33-3/h21H,4-20,22-26H2,1-3H3/p+1. The Bertz CT molecular complexity index is 656. The van der Waals surface area contributed by atoms with E-state index in [1.165, 1.54) is 90.6 Å². The third kappa shape index (κ3) is 16.9. The average Bonchev–Trinajstić information content (AvgIpc) is 2.85. The number of carbonyl (C=O) groups is 1. The molecule has 0 aromatic carbocycles. The van der Waals surface area contributed by atoms with E-state index < -0.39 is 7.82 Å². The molecule has 0 aromatic heterocycles. The lowest BCUT2D eigenvalue weighted by Crippen LogP contribution is -2.50. The summed E-state index contributed by atoms with van der Waals surface area (Å²) in [6.07, 6.45) is 23.3. The summed E-state index contributed by atoms with van der Waals surface area (Å²) in [5, 5.41) is 0. The number of phosphoric ester groups is 1. The van der Waals surface area contributed by atoms with E-state index in [4.69, 9.17) is 13.8 Å². The highest BCUT2D eigenvalue weighted by atomic mass is 31.2. The highest BCUT2D eigenvalue weighted by molar-refractivity contribution is 7.47. The number of nitrogens with zero attached hydrogens (tertiary/aromatic N) is 1. The molecule has 2 atom stereocenters. The Morgan fingerprint density at radius 3 is 1.83 bits per heavy atom. The SMILES string of the molecule is CCCCCCCCCCCCCCCCCCOP(=O)(O)OCC[N+]1(C)CCC=C(C(=O)OC)C1. The van der Waals surface area contributed by atoms with Gasteiger partial charge in [0.25, 0.3) is 0 Å². The fraction of sp³-hybridized carbons (Fsp3) is 0.893. The molecular formula is C28H55NO6P+. The Labute approximate surface area is 221 Å². The van der Waals surface area contributed by atoms with Crippen molar-refractivity contribution in [2.45, 2.75) is 116 Å². The molecule has 0 aromatic rings. The van der Waals surface area contributed by atoms with Crippen LogP contribution in [-0.4, -0.2) is 62.4 Å². The number of quaternary nitrogens is 1. The third-order valence-electron chi connectivity index (χ3n) is 7.20. The van der Waals surface area contributed by atoms with Crippen LogP contribution >= 0.6 is 7.82 Å². The van der Waals surface area contributed by atoms with Gasteiger partial charge in [-0.25, -0.2) is 9.36 Å². The monoisotopic (exact) mass is 532 g/mol. The molecule has 0 aliphatic carbocycles. The van der Waals surface area contributed by atoms with Gasteiger partial charge in [0.1, 0.15) is 19.7 Å². The molecule has 0 bridgehead atoms. The van der Waals surface area contributed by atoms with Gasteiger partial charge in [-0.15, -0.1) is 0 Å². The molecule has 1 aliphatic heterocycles. The molecule has 0 fully saturated rings. The number of phosphoric acid groups is 1. The number of likely N-dealkylation sites (N-methyl/N-ethyl adjacent to an activating group) is 1. The van der Waals surface area contributed by atoms with E-state index in [9.17, 15) is 14.3 Å². The molecule has 0 saturated heterocycles. The third-order valence-corrected chi connectivity index (χ3v) is 8.21. The lowest BCUT2D eigenvalue weighted by Gasteiger charge is -2.37. The minimum atomic E-state index is -4.04. The summed E-state index contributed by atoms with van der Waals surface area (Å²) in [4.78, 5) is 21.7. The summed E-state index contributed by atoms with van der Waals surface area (Å²) in [5.74, 6) is -0.310. The number of ether oxygens (including phenoxy) is 1. The van der Waals surface area contributed by atoms with Crippen molar-refractivity contribution < 1.29 is 32.5 Å². The van der Waals surface area contributed by atoms with Crippen LogP contribution in [0.2, 0.25) is 0 Å². The van der Waals surface area contributed by atoms with Crippen molar-refractivity contribution in [1.29, 1.82) is 0 Å². The molecule has 36 heavy (non-hydrogen) atoms. The second kappa shape index (κ2) is 20.3. The Morgan fingerprint density at radius 2 is 1.33 bits per heavy atom. The van der Waals surface area contributed by atoms with Gasteiger partial charge in [-0.1, -0.05) is 109 Å². The van der Waals surface area contributed by atoms with E-state index in [-0.39, 0.29) is 19.2 Å². The maximum Gasteiger partial charge on any atom is 0.472 e. The Hall–Kier alpha value is -0.720. The number of hydrogen-bond acceptors (Lipinski definition) is 5. The van der Waals surface area contributed by atoms with Crippen LogP contribution in [0.15, 0.2) is 11.6 Å². The minimum Gasteiger partial charge on any atom is -0.465 e. The Morgan fingerprint density at radius 1 is 0.861 bits per heavy atom. The lowest BCUT2D eigenvalue weighted by molar-refractivity contribution is -0.906. The van der Waals surface area contributed by atoms with Crippen LogP contribution in [0.3, 0.4) is 0 Å². The van der Waals surface area contributed by atoms with Crippen molar-refractivity contribution in [2.75, 3.05) is 47.0 Å². The molecule has 0 radical (unpaired) electrons. The van der Waals surface area contributed by atoms with Crippen LogP contribution in [0.1, 0.15) is 116 Å². The molecule has 2 unspecified atom stereocenters. The summed E-state index contributed by atoms with van der Waals surface area (Å²) in [5.41, 5.74) is 0.651. The Balaban J connectivity index is 1.95. The van der Waals surface area contributed by atoms with E-state index in [2.05, 4.69) is 6.92 Å². The summed E-state index contributed by atoms with van der Waals surface area (Å²) >= 11 is 0. The van der Waals surface area contributed by atoms with Crippen LogP contribution < -0.4 is 0 Å². The van der Waals surface area contributed by atoms with Crippen LogP contribution in [0, 0.1) is 0 Å². The molecule has 212 valence electrons. The largest absolute Gasteiger partial charge is 0.472 e. The van der Waals surface area contributed by atoms with Crippen molar-refractivity contribution in [3.05, 3.63) is 11.6 Å². The number of methoxy groups -OCH3 is 1. The van der Waals surface area contributed by atoms with E-state index >= 15 is 0 Å². The van der Waals surface area contributed by atoms with Gasteiger partial charge in [-0.3, -0.25) is 9.05 Å². The first-order valence-electron chi connectivity index (χ1n) is 14.5. The molecule has 1 N–H and O–H groups in total. The molecule has 0 amide bonds. The number of rotatable bonds is 23. The first kappa shape index (κ1) is 33.3. The molecule has 1 aliphatic rings. The zero-order chi connectivity index (χ0) is 26.5. The smallest absolute Gasteiger partial charge is 0.465 e. The Kier molecular flexibility index (Phi) is 18.8. The van der Waals surface area contributed by atoms with E-state index in [0.29, 0.717) is 23.1 Å². The number of hydrogen-bond donors (Lipinski definition) is 1. The van der Waals surface area contributed by atoms with Gasteiger partial charge in [0.05, 0.1) is 32.9 Å². The van der Waals surface area contributed by atoms with Gasteiger partial charge in [0.15, 0.2) is 0 Å². The van der Waals surface area contributed by atoms with Gasteiger partial charge in [-0.05, 0) is 6.42 Å². The average molecular weight is 533 g/mol. The van der Waals surface area contributed by atoms with Crippen molar-refractivity contribution in [1.82, 2.24) is 0 Å². The molecule has 1 rings (SSSR count). The predicted molar refractivity (Wildman–Crippen MR) is 147 cm³/mol. The summed E-state index contributed by atoms with van der Waals surface area (Å²) in [7, 11) is -0.644. The van der Waals surface area contributed by atoms with E-state index in [1.54, 1.807) is 0 Å². The predicted octanol–water partition coefficient (Wildman–Crippen LogP) is 7.33. The molecule has 0 saturated carbocycles. The fourth-order valence-corrected chi connectivity index (χ4v) is 5.57. The molecule has 8 heteroatoms. The number of unbranched alkanes of at least 4 members (excludes halogenated alkanes) is 15. The normalized spacial score (nSPS) is 19.6. The minimum absolute atomic E-state index is 0.109. The molecule has 1 heterocycles. The van der Waals surface area contributed by atoms with Gasteiger partial charge < -0.3 is 14.1 Å². The second-order valence-corrected chi connectivity index (χ2v) is 12.1. The highest BCUT2D eigenvalue weighted by Gasteiger charge is 2.31. The molecular weight excluding hydrogens is 477 g/mol. The van der Waals surface area contributed by atoms with Gasteiger partial charge in [-0.2, -0.15) is 0 Å². The first-order valence-corrected chi connectivity index (χ1v) is 16.0. The lowest BCUT2D eigenvalue weighted by atomic mass is 10.0. The van der Waals surface area contributed by atoms with Gasteiger partial charge in [0.2, 0.25) is 0 Å². The maximum atomic E-state index is 12.2. The fourth-order valence-electron chi connectivity index (χ4n) is 4.82. The summed E-state index contributed by atoms with van der Waals surface area (Å²) in [6, 6.07) is 0. The van der Waals surface area contributed by atoms with Crippen LogP contribution in [0.5, 0.6) is 0 Å². The van der Waals surface area contributed by atoms with Crippen LogP contribution in [-0.2, 0) is 23.1 Å². The van der Waals surface area contributed by atoms with Crippen molar-refractivity contribution in [2.24, 2.45) is 0 Å². The first-order chi connectivity index (χ1) is 17.3. The highest BCUT2D eigenvalue weighted by Crippen LogP contribution is 2.43. The van der Waals surface area contributed by atoms with Gasteiger partial charge in [0, 0.05) is 6.42 Å². The van der Waals surface area contributed by atoms with E-state index in [0.717, 1.165) is 32.2 Å². The van der Waals surface area contributed by atoms with Crippen LogP contribution in [0.25, 0.3) is 0 Å². The maximum absolute atomic E-state index is 12.2. The molecule has 0 spiro atoms. The number of carbonyl (C=O) groups excluding carboxylic acids is 1. The van der Waals surface area contributed by atoms with Crippen molar-refractivity contribution >= 4 is 13.8 Å². The van der Waals surface area contributed by atoms with Crippen molar-refractivity contribution in [3.63, 3.8) is 0 Å².